The molecule has 0 N–H and O–H groups in total. The number of nitrogens with zero attached hydrogens (tertiary/aromatic N) is 3. The maximum Gasteiger partial charge on any atom is 0.227 e. The molecule has 1 amide bonds. The quantitative estimate of drug-likeness (QED) is 0.549. The molecule has 1 aliphatic heterocycles. The second-order valence-electron chi connectivity index (χ2n) is 7.81. The van der Waals surface area contributed by atoms with Crippen LogP contribution in [0.5, 0.6) is 5.75 Å². The van der Waals surface area contributed by atoms with E-state index >= 15 is 0 Å². The topological polar surface area (TPSA) is 47.4 Å². The Morgan fingerprint density at radius 2 is 1.90 bits per heavy atom. The average molecular weight is 430 g/mol. The molecule has 1 saturated heterocycles. The summed E-state index contributed by atoms with van der Waals surface area (Å²) in [5.41, 5.74) is 2.79. The molecule has 2 aromatic carbocycles. The minimum absolute atomic E-state index is 0.00128. The first kappa shape index (κ1) is 18.8. The Labute approximate surface area is 179 Å². The highest BCUT2D eigenvalue weighted by atomic mass is 35.5. The van der Waals surface area contributed by atoms with E-state index in [4.69, 9.17) is 32.9 Å². The smallest absolute Gasteiger partial charge is 0.227 e. The molecule has 5 rings (SSSR count). The van der Waals surface area contributed by atoms with E-state index in [1.165, 1.54) is 0 Å². The molecule has 0 radical (unpaired) electrons. The number of rotatable bonds is 5. The summed E-state index contributed by atoms with van der Waals surface area (Å²) in [6.07, 6.45) is 1.19. The lowest BCUT2D eigenvalue weighted by Crippen LogP contribution is -2.25. The SMILES string of the molecule is COc1ccccc1N1C[C@@H](c2nc3ccccc3n2C[C@H]2CC2(Cl)Cl)CC1=O. The van der Waals surface area contributed by atoms with Crippen LogP contribution in [0.25, 0.3) is 11.0 Å². The van der Waals surface area contributed by atoms with Crippen LogP contribution in [0.3, 0.4) is 0 Å². The lowest BCUT2D eigenvalue weighted by atomic mass is 10.1. The van der Waals surface area contributed by atoms with E-state index in [1.54, 1.807) is 12.0 Å². The Morgan fingerprint density at radius 1 is 1.17 bits per heavy atom. The summed E-state index contributed by atoms with van der Waals surface area (Å²) >= 11 is 12.6. The summed E-state index contributed by atoms with van der Waals surface area (Å²) in [6.45, 7) is 1.28. The van der Waals surface area contributed by atoms with Crippen molar-refractivity contribution in [3.05, 3.63) is 54.4 Å². The van der Waals surface area contributed by atoms with Crippen LogP contribution in [0.2, 0.25) is 0 Å². The molecule has 2 fully saturated rings. The highest BCUT2D eigenvalue weighted by Gasteiger charge is 2.52. The van der Waals surface area contributed by atoms with Gasteiger partial charge in [0, 0.05) is 31.3 Å². The van der Waals surface area contributed by atoms with Gasteiger partial charge in [-0.1, -0.05) is 24.3 Å². The Bertz CT molecular complexity index is 1090. The Kier molecular flexibility index (Phi) is 4.48. The number of para-hydroxylation sites is 4. The molecule has 7 heteroatoms. The second-order valence-corrected chi connectivity index (χ2v) is 9.35. The number of fused-ring (bicyclic) bond motifs is 1. The summed E-state index contributed by atoms with van der Waals surface area (Å²) in [6, 6.07) is 15.7. The number of hydrogen-bond acceptors (Lipinski definition) is 3. The van der Waals surface area contributed by atoms with Crippen molar-refractivity contribution in [1.82, 2.24) is 9.55 Å². The van der Waals surface area contributed by atoms with Crippen molar-refractivity contribution >= 4 is 45.8 Å². The number of benzene rings is 2. The molecule has 2 heterocycles. The first-order chi connectivity index (χ1) is 14.0. The van der Waals surface area contributed by atoms with Gasteiger partial charge in [-0.2, -0.15) is 0 Å². The van der Waals surface area contributed by atoms with Crippen LogP contribution < -0.4 is 9.64 Å². The lowest BCUT2D eigenvalue weighted by Gasteiger charge is -2.20. The van der Waals surface area contributed by atoms with Gasteiger partial charge in [-0.05, 0) is 30.7 Å². The second kappa shape index (κ2) is 6.92. The fraction of sp³-hybridized carbons (Fsp3) is 0.364. The number of imidazole rings is 1. The van der Waals surface area contributed by atoms with Gasteiger partial charge in [-0.3, -0.25) is 4.79 Å². The van der Waals surface area contributed by atoms with Crippen LogP contribution in [-0.2, 0) is 11.3 Å². The normalized spacial score (nSPS) is 23.0. The molecule has 5 nitrogen and oxygen atoms in total. The largest absolute Gasteiger partial charge is 0.495 e. The van der Waals surface area contributed by atoms with E-state index in [-0.39, 0.29) is 17.7 Å². The van der Waals surface area contributed by atoms with Crippen LogP contribution in [0.15, 0.2) is 48.5 Å². The zero-order valence-electron chi connectivity index (χ0n) is 16.0. The number of anilines is 1. The van der Waals surface area contributed by atoms with E-state index in [0.717, 1.165) is 29.0 Å². The molecule has 3 aromatic rings. The molecular weight excluding hydrogens is 409 g/mol. The monoisotopic (exact) mass is 429 g/mol. The van der Waals surface area contributed by atoms with Crippen molar-refractivity contribution in [1.29, 1.82) is 0 Å². The van der Waals surface area contributed by atoms with Crippen LogP contribution in [0.1, 0.15) is 24.6 Å². The van der Waals surface area contributed by atoms with E-state index in [0.29, 0.717) is 25.3 Å². The van der Waals surface area contributed by atoms with Crippen LogP contribution in [0, 0.1) is 5.92 Å². The fourth-order valence-corrected chi connectivity index (χ4v) is 4.76. The van der Waals surface area contributed by atoms with Crippen LogP contribution in [0.4, 0.5) is 5.69 Å². The number of alkyl halides is 2. The van der Waals surface area contributed by atoms with Gasteiger partial charge in [0.25, 0.3) is 0 Å². The maximum atomic E-state index is 12.9. The number of halogens is 2. The molecule has 0 bridgehead atoms. The van der Waals surface area contributed by atoms with Crippen LogP contribution in [-0.4, -0.2) is 33.4 Å². The molecule has 1 aromatic heterocycles. The number of methoxy groups -OCH3 is 1. The van der Waals surface area contributed by atoms with Crippen molar-refractivity contribution in [2.45, 2.75) is 29.6 Å². The minimum Gasteiger partial charge on any atom is -0.495 e. The molecule has 0 spiro atoms. The summed E-state index contributed by atoms with van der Waals surface area (Å²) in [5, 5.41) is 0. The van der Waals surface area contributed by atoms with E-state index in [2.05, 4.69) is 10.6 Å². The number of carbonyl (C=O) groups is 1. The average Bonchev–Trinajstić information content (AvgIpc) is 3.04. The van der Waals surface area contributed by atoms with E-state index in [1.807, 2.05) is 42.5 Å². The van der Waals surface area contributed by atoms with Crippen molar-refractivity contribution in [3.8, 4) is 5.75 Å². The molecule has 1 saturated carbocycles. The van der Waals surface area contributed by atoms with Gasteiger partial charge in [0.2, 0.25) is 5.91 Å². The number of hydrogen-bond donors (Lipinski definition) is 0. The third-order valence-corrected chi connectivity index (χ3v) is 6.83. The Balaban J connectivity index is 1.50. The van der Waals surface area contributed by atoms with Crippen molar-refractivity contribution in [2.24, 2.45) is 5.92 Å². The van der Waals surface area contributed by atoms with Crippen LogP contribution >= 0.6 is 23.2 Å². The van der Waals surface area contributed by atoms with Gasteiger partial charge < -0.3 is 14.2 Å². The third-order valence-electron chi connectivity index (χ3n) is 5.91. The van der Waals surface area contributed by atoms with Gasteiger partial charge in [-0.15, -0.1) is 23.2 Å². The molecule has 2 aliphatic rings. The summed E-state index contributed by atoms with van der Waals surface area (Å²) < 4.78 is 7.01. The predicted molar refractivity (Wildman–Crippen MR) is 115 cm³/mol. The number of carbonyl (C=O) groups excluding carboxylic acids is 1. The van der Waals surface area contributed by atoms with E-state index in [9.17, 15) is 4.79 Å². The van der Waals surface area contributed by atoms with Crippen molar-refractivity contribution in [3.63, 3.8) is 0 Å². The Morgan fingerprint density at radius 3 is 2.66 bits per heavy atom. The predicted octanol–water partition coefficient (Wildman–Crippen LogP) is 4.76. The van der Waals surface area contributed by atoms with Gasteiger partial charge in [0.05, 0.1) is 23.8 Å². The van der Waals surface area contributed by atoms with Crippen molar-refractivity contribution in [2.75, 3.05) is 18.6 Å². The van der Waals surface area contributed by atoms with E-state index < -0.39 is 4.33 Å². The molecule has 2 atom stereocenters. The lowest BCUT2D eigenvalue weighted by molar-refractivity contribution is -0.117. The molecule has 0 unspecified atom stereocenters. The Hall–Kier alpha value is -2.24. The summed E-state index contributed by atoms with van der Waals surface area (Å²) in [4.78, 5) is 19.6. The number of amides is 1. The third kappa shape index (κ3) is 3.26. The van der Waals surface area contributed by atoms with Gasteiger partial charge in [0.15, 0.2) is 0 Å². The highest BCUT2D eigenvalue weighted by molar-refractivity contribution is 6.50. The molecular formula is C22H21Cl2N3O2. The number of ether oxygens (including phenoxy) is 1. The standard InChI is InChI=1S/C22H21Cl2N3O2/c1-29-19-9-5-4-8-18(19)26-12-14(10-20(26)28)21-25-16-6-2-3-7-17(16)27(21)13-15-11-22(15,23)24/h2-9,14-15H,10-13H2,1H3/t14-,15+/m0/s1. The first-order valence-electron chi connectivity index (χ1n) is 9.74. The summed E-state index contributed by atoms with van der Waals surface area (Å²) in [7, 11) is 1.62. The fourth-order valence-electron chi connectivity index (χ4n) is 4.25. The molecule has 1 aliphatic carbocycles. The molecule has 150 valence electrons. The first-order valence-corrected chi connectivity index (χ1v) is 10.5. The van der Waals surface area contributed by atoms with Gasteiger partial charge in [-0.25, -0.2) is 4.98 Å². The highest BCUT2D eigenvalue weighted by Crippen LogP contribution is 2.54. The van der Waals surface area contributed by atoms with Gasteiger partial charge in [0.1, 0.15) is 15.9 Å². The van der Waals surface area contributed by atoms with Crippen molar-refractivity contribution < 1.29 is 9.53 Å². The zero-order valence-corrected chi connectivity index (χ0v) is 17.5. The summed E-state index contributed by atoms with van der Waals surface area (Å²) in [5.74, 6) is 1.90. The molecule has 29 heavy (non-hydrogen) atoms. The number of aromatic nitrogens is 2. The maximum absolute atomic E-state index is 12.9. The minimum atomic E-state index is -0.655. The zero-order chi connectivity index (χ0) is 20.2. The van der Waals surface area contributed by atoms with Gasteiger partial charge >= 0.3 is 0 Å².